The SMILES string of the molecule is Cc1ccc(C(=O)Nc2ccc(N3CCN(C(=O)NC(C)(C)C)CC3)c(C(=O)N3CCCCC3)c2)cc1. The van der Waals surface area contributed by atoms with Gasteiger partial charge in [0.25, 0.3) is 11.8 Å². The van der Waals surface area contributed by atoms with Gasteiger partial charge in [-0.3, -0.25) is 9.59 Å². The van der Waals surface area contributed by atoms with E-state index in [1.807, 2.05) is 61.8 Å². The molecule has 2 aliphatic rings. The highest BCUT2D eigenvalue weighted by molar-refractivity contribution is 6.06. The number of aryl methyl sites for hydroxylation is 1. The fourth-order valence-electron chi connectivity index (χ4n) is 4.79. The maximum Gasteiger partial charge on any atom is 0.317 e. The maximum absolute atomic E-state index is 13.6. The zero-order chi connectivity index (χ0) is 26.6. The Labute approximate surface area is 220 Å². The van der Waals surface area contributed by atoms with Crippen molar-refractivity contribution in [3.8, 4) is 0 Å². The van der Waals surface area contributed by atoms with E-state index in [2.05, 4.69) is 15.5 Å². The van der Waals surface area contributed by atoms with Crippen LogP contribution in [0.2, 0.25) is 0 Å². The third-order valence-corrected chi connectivity index (χ3v) is 6.83. The van der Waals surface area contributed by atoms with E-state index < -0.39 is 0 Å². The Balaban J connectivity index is 1.54. The second kappa shape index (κ2) is 11.2. The van der Waals surface area contributed by atoms with Crippen LogP contribution in [0.5, 0.6) is 0 Å². The molecule has 8 nitrogen and oxygen atoms in total. The molecular formula is C29H39N5O3. The summed E-state index contributed by atoms with van der Waals surface area (Å²) >= 11 is 0. The van der Waals surface area contributed by atoms with E-state index >= 15 is 0 Å². The first-order chi connectivity index (χ1) is 17.6. The molecule has 0 unspecified atom stereocenters. The van der Waals surface area contributed by atoms with Gasteiger partial charge in [-0.1, -0.05) is 17.7 Å². The van der Waals surface area contributed by atoms with Crippen LogP contribution in [0.4, 0.5) is 16.2 Å². The number of carbonyl (C=O) groups excluding carboxylic acids is 3. The highest BCUT2D eigenvalue weighted by atomic mass is 16.2. The van der Waals surface area contributed by atoms with Crippen molar-refractivity contribution in [3.05, 3.63) is 59.2 Å². The molecule has 0 spiro atoms. The van der Waals surface area contributed by atoms with E-state index in [9.17, 15) is 14.4 Å². The van der Waals surface area contributed by atoms with Crippen LogP contribution in [0, 0.1) is 6.92 Å². The van der Waals surface area contributed by atoms with Crippen molar-refractivity contribution in [2.45, 2.75) is 52.5 Å². The predicted molar refractivity (Wildman–Crippen MR) is 147 cm³/mol. The van der Waals surface area contributed by atoms with Gasteiger partial charge >= 0.3 is 6.03 Å². The second-order valence-electron chi connectivity index (χ2n) is 11.1. The predicted octanol–water partition coefficient (Wildman–Crippen LogP) is 4.50. The molecule has 37 heavy (non-hydrogen) atoms. The minimum Gasteiger partial charge on any atom is -0.367 e. The van der Waals surface area contributed by atoms with Crippen LogP contribution in [-0.4, -0.2) is 72.5 Å². The Morgan fingerprint density at radius 1 is 0.784 bits per heavy atom. The molecule has 2 saturated heterocycles. The van der Waals surface area contributed by atoms with E-state index in [1.165, 1.54) is 0 Å². The normalized spacial score (nSPS) is 16.4. The van der Waals surface area contributed by atoms with Crippen LogP contribution >= 0.6 is 0 Å². The lowest BCUT2D eigenvalue weighted by Gasteiger charge is -2.38. The van der Waals surface area contributed by atoms with Crippen LogP contribution in [0.1, 0.15) is 66.3 Å². The first-order valence-electron chi connectivity index (χ1n) is 13.2. The lowest BCUT2D eigenvalue weighted by Crippen LogP contribution is -2.55. The number of likely N-dealkylation sites (tertiary alicyclic amines) is 1. The van der Waals surface area contributed by atoms with Gasteiger partial charge < -0.3 is 25.3 Å². The first-order valence-corrected chi connectivity index (χ1v) is 13.2. The molecule has 8 heteroatoms. The molecule has 0 radical (unpaired) electrons. The van der Waals surface area contributed by atoms with E-state index in [0.29, 0.717) is 43.0 Å². The number of hydrogen-bond acceptors (Lipinski definition) is 4. The Morgan fingerprint density at radius 3 is 2.05 bits per heavy atom. The molecule has 2 heterocycles. The lowest BCUT2D eigenvalue weighted by molar-refractivity contribution is 0.0724. The van der Waals surface area contributed by atoms with Crippen molar-refractivity contribution < 1.29 is 14.4 Å². The molecular weight excluding hydrogens is 466 g/mol. The zero-order valence-electron chi connectivity index (χ0n) is 22.5. The van der Waals surface area contributed by atoms with Gasteiger partial charge in [-0.25, -0.2) is 4.79 Å². The van der Waals surface area contributed by atoms with Gasteiger partial charge in [-0.2, -0.15) is 0 Å². The molecule has 2 aliphatic heterocycles. The number of nitrogens with zero attached hydrogens (tertiary/aromatic N) is 3. The maximum atomic E-state index is 13.6. The molecule has 0 aromatic heterocycles. The van der Waals surface area contributed by atoms with Crippen LogP contribution in [0.25, 0.3) is 0 Å². The van der Waals surface area contributed by atoms with E-state index in [1.54, 1.807) is 18.2 Å². The van der Waals surface area contributed by atoms with E-state index in [0.717, 1.165) is 43.6 Å². The Kier molecular flexibility index (Phi) is 8.05. The standard InChI is InChI=1S/C29H39N5O3/c1-21-8-10-22(11-9-21)26(35)30-23-12-13-25(24(20-23)27(36)33-14-6-5-7-15-33)32-16-18-34(19-17-32)28(37)31-29(2,3)4/h8-13,20H,5-7,14-19H2,1-4H3,(H,30,35)(H,31,37). The van der Waals surface area contributed by atoms with Gasteiger partial charge in [-0.15, -0.1) is 0 Å². The fourth-order valence-corrected chi connectivity index (χ4v) is 4.79. The first kappa shape index (κ1) is 26.5. The fraction of sp³-hybridized carbons (Fsp3) is 0.483. The number of benzene rings is 2. The molecule has 2 aromatic carbocycles. The summed E-state index contributed by atoms with van der Waals surface area (Å²) in [6, 6.07) is 12.9. The second-order valence-corrected chi connectivity index (χ2v) is 11.1. The quantitative estimate of drug-likeness (QED) is 0.641. The molecule has 2 N–H and O–H groups in total. The number of urea groups is 1. The topological polar surface area (TPSA) is 85.0 Å². The van der Waals surface area contributed by atoms with Gasteiger partial charge in [0, 0.05) is 61.7 Å². The number of hydrogen-bond donors (Lipinski definition) is 2. The molecule has 0 bridgehead atoms. The van der Waals surface area contributed by atoms with Crippen molar-refractivity contribution >= 4 is 29.2 Å². The van der Waals surface area contributed by atoms with Crippen LogP contribution in [0.15, 0.2) is 42.5 Å². The molecule has 0 saturated carbocycles. The van der Waals surface area contributed by atoms with E-state index in [-0.39, 0.29) is 23.4 Å². The zero-order valence-corrected chi connectivity index (χ0v) is 22.5. The Morgan fingerprint density at radius 2 is 1.43 bits per heavy atom. The summed E-state index contributed by atoms with van der Waals surface area (Å²) < 4.78 is 0. The summed E-state index contributed by atoms with van der Waals surface area (Å²) in [4.78, 5) is 45.0. The number of amides is 4. The van der Waals surface area contributed by atoms with Crippen molar-refractivity contribution in [1.82, 2.24) is 15.1 Å². The van der Waals surface area contributed by atoms with Crippen LogP contribution in [0.3, 0.4) is 0 Å². The number of rotatable bonds is 4. The summed E-state index contributed by atoms with van der Waals surface area (Å²) in [6.07, 6.45) is 3.15. The number of piperidine rings is 1. The largest absolute Gasteiger partial charge is 0.367 e. The third-order valence-electron chi connectivity index (χ3n) is 6.83. The number of nitrogens with one attached hydrogen (secondary N) is 2. The summed E-state index contributed by atoms with van der Waals surface area (Å²) in [6.45, 7) is 11.8. The van der Waals surface area contributed by atoms with Gasteiger partial charge in [-0.05, 0) is 77.3 Å². The van der Waals surface area contributed by atoms with Crippen molar-refractivity contribution in [1.29, 1.82) is 0 Å². The van der Waals surface area contributed by atoms with Crippen LogP contribution < -0.4 is 15.5 Å². The molecule has 4 amide bonds. The molecule has 4 rings (SSSR count). The van der Waals surface area contributed by atoms with Crippen molar-refractivity contribution in [2.75, 3.05) is 49.5 Å². The summed E-state index contributed by atoms with van der Waals surface area (Å²) in [7, 11) is 0. The van der Waals surface area contributed by atoms with Gasteiger partial charge in [0.05, 0.1) is 5.56 Å². The Hall–Kier alpha value is -3.55. The lowest BCUT2D eigenvalue weighted by atomic mass is 10.0. The average molecular weight is 506 g/mol. The van der Waals surface area contributed by atoms with Crippen molar-refractivity contribution in [3.63, 3.8) is 0 Å². The number of anilines is 2. The van der Waals surface area contributed by atoms with Crippen LogP contribution in [-0.2, 0) is 0 Å². The van der Waals surface area contributed by atoms with Gasteiger partial charge in [0.2, 0.25) is 0 Å². The van der Waals surface area contributed by atoms with Gasteiger partial charge in [0.1, 0.15) is 0 Å². The third kappa shape index (κ3) is 6.81. The highest BCUT2D eigenvalue weighted by Crippen LogP contribution is 2.28. The molecule has 0 aliphatic carbocycles. The van der Waals surface area contributed by atoms with Gasteiger partial charge in [0.15, 0.2) is 0 Å². The number of carbonyl (C=O) groups is 3. The highest BCUT2D eigenvalue weighted by Gasteiger charge is 2.28. The number of piperazine rings is 1. The summed E-state index contributed by atoms with van der Waals surface area (Å²) in [5.41, 5.74) is 3.41. The molecule has 2 aromatic rings. The minimum absolute atomic E-state index is 0.00552. The average Bonchev–Trinajstić information content (AvgIpc) is 2.88. The Bertz CT molecular complexity index is 1130. The smallest absolute Gasteiger partial charge is 0.317 e. The van der Waals surface area contributed by atoms with Crippen molar-refractivity contribution in [2.24, 2.45) is 0 Å². The molecule has 198 valence electrons. The molecule has 2 fully saturated rings. The van der Waals surface area contributed by atoms with E-state index in [4.69, 9.17) is 0 Å². The minimum atomic E-state index is -0.291. The molecule has 0 atom stereocenters. The summed E-state index contributed by atoms with van der Waals surface area (Å²) in [5, 5.41) is 5.99. The monoisotopic (exact) mass is 505 g/mol. The summed E-state index contributed by atoms with van der Waals surface area (Å²) in [5.74, 6) is -0.211.